The van der Waals surface area contributed by atoms with E-state index in [4.69, 9.17) is 10.4 Å². The quantitative estimate of drug-likeness (QED) is 0.808. The highest BCUT2D eigenvalue weighted by molar-refractivity contribution is 5.96. The van der Waals surface area contributed by atoms with Crippen LogP contribution in [0.25, 0.3) is 6.08 Å². The molecule has 1 aromatic carbocycles. The van der Waals surface area contributed by atoms with E-state index < -0.39 is 11.9 Å². The zero-order valence-corrected chi connectivity index (χ0v) is 10.9. The molecule has 0 heterocycles. The smallest absolute Gasteiger partial charge is 0.352 e. The van der Waals surface area contributed by atoms with Crippen LogP contribution >= 0.6 is 0 Å². The Balaban J connectivity index is 3.33. The third-order valence-corrected chi connectivity index (χ3v) is 2.55. The summed E-state index contributed by atoms with van der Waals surface area (Å²) in [6.07, 6.45) is 1.40. The number of hydrogen-bond acceptors (Lipinski definition) is 3. The number of aryl methyl sites for hydroxylation is 2. The molecule has 1 aromatic rings. The van der Waals surface area contributed by atoms with E-state index in [0.717, 1.165) is 11.1 Å². The Labute approximate surface area is 111 Å². The molecular formula is C14H14N2O3. The fourth-order valence-electron chi connectivity index (χ4n) is 1.75. The molecule has 0 aliphatic rings. The molecule has 5 nitrogen and oxygen atoms in total. The molecule has 2 N–H and O–H groups in total. The molecule has 0 saturated heterocycles. The van der Waals surface area contributed by atoms with Gasteiger partial charge in [-0.15, -0.1) is 0 Å². The molecule has 0 aliphatic heterocycles. The Hall–Kier alpha value is -2.61. The van der Waals surface area contributed by atoms with Crippen LogP contribution < -0.4 is 5.32 Å². The number of nitrogens with one attached hydrogen (secondary N) is 1. The summed E-state index contributed by atoms with van der Waals surface area (Å²) in [6.45, 7) is 4.81. The van der Waals surface area contributed by atoms with E-state index in [1.165, 1.54) is 13.0 Å². The molecule has 1 amide bonds. The van der Waals surface area contributed by atoms with Gasteiger partial charge in [-0.2, -0.15) is 5.26 Å². The van der Waals surface area contributed by atoms with Crippen molar-refractivity contribution >= 4 is 18.0 Å². The summed E-state index contributed by atoms with van der Waals surface area (Å²) in [7, 11) is 0. The van der Waals surface area contributed by atoms with Crippen molar-refractivity contribution in [3.63, 3.8) is 0 Å². The molecule has 0 fully saturated rings. The van der Waals surface area contributed by atoms with Gasteiger partial charge in [0.15, 0.2) is 0 Å². The molecule has 5 heteroatoms. The van der Waals surface area contributed by atoms with Crippen LogP contribution in [0.5, 0.6) is 0 Å². The van der Waals surface area contributed by atoms with Gasteiger partial charge in [-0.25, -0.2) is 4.79 Å². The van der Waals surface area contributed by atoms with E-state index in [0.29, 0.717) is 11.1 Å². The fraction of sp³-hybridized carbons (Fsp3) is 0.214. The molecule has 0 saturated carbocycles. The van der Waals surface area contributed by atoms with Crippen molar-refractivity contribution in [3.8, 4) is 6.07 Å². The Morgan fingerprint density at radius 3 is 2.21 bits per heavy atom. The van der Waals surface area contributed by atoms with E-state index in [2.05, 4.69) is 5.32 Å². The molecular weight excluding hydrogens is 244 g/mol. The maximum Gasteiger partial charge on any atom is 0.352 e. The highest BCUT2D eigenvalue weighted by Gasteiger charge is 2.11. The van der Waals surface area contributed by atoms with Crippen LogP contribution in [0.3, 0.4) is 0 Å². The van der Waals surface area contributed by atoms with E-state index in [1.54, 1.807) is 26.0 Å². The SMILES string of the molecule is CC(=O)NC(=Cc1c(C)cc(C#N)cc1C)C(=O)O. The number of carbonyl (C=O) groups excluding carboxylic acids is 1. The maximum atomic E-state index is 11.0. The third-order valence-electron chi connectivity index (χ3n) is 2.55. The van der Waals surface area contributed by atoms with Crippen LogP contribution in [0, 0.1) is 25.2 Å². The van der Waals surface area contributed by atoms with Crippen LogP contribution in [-0.2, 0) is 9.59 Å². The number of nitriles is 1. The van der Waals surface area contributed by atoms with E-state index in [1.807, 2.05) is 6.07 Å². The lowest BCUT2D eigenvalue weighted by Gasteiger charge is -2.08. The second-order valence-electron chi connectivity index (χ2n) is 4.18. The van der Waals surface area contributed by atoms with Gasteiger partial charge in [0.05, 0.1) is 11.6 Å². The molecule has 0 bridgehead atoms. The Bertz CT molecular complexity index is 587. The van der Waals surface area contributed by atoms with Gasteiger partial charge in [-0.1, -0.05) is 0 Å². The van der Waals surface area contributed by atoms with Gasteiger partial charge < -0.3 is 10.4 Å². The minimum atomic E-state index is -1.21. The van der Waals surface area contributed by atoms with Gasteiger partial charge in [0.25, 0.3) is 0 Å². The number of aliphatic carboxylic acids is 1. The molecule has 0 aromatic heterocycles. The molecule has 0 radical (unpaired) electrons. The summed E-state index contributed by atoms with van der Waals surface area (Å²) in [4.78, 5) is 22.0. The predicted molar refractivity (Wildman–Crippen MR) is 70.1 cm³/mol. The van der Waals surface area contributed by atoms with Crippen molar-refractivity contribution in [2.24, 2.45) is 0 Å². The second kappa shape index (κ2) is 5.83. The first-order valence-electron chi connectivity index (χ1n) is 5.59. The van der Waals surface area contributed by atoms with Gasteiger partial charge >= 0.3 is 5.97 Å². The number of amides is 1. The summed E-state index contributed by atoms with van der Waals surface area (Å²) >= 11 is 0. The summed E-state index contributed by atoms with van der Waals surface area (Å²) in [6, 6.07) is 5.38. The Kier molecular flexibility index (Phi) is 4.43. The number of benzene rings is 1. The Morgan fingerprint density at radius 2 is 1.84 bits per heavy atom. The van der Waals surface area contributed by atoms with Crippen LogP contribution in [0.4, 0.5) is 0 Å². The average Bonchev–Trinajstić information content (AvgIpc) is 2.31. The predicted octanol–water partition coefficient (Wildman–Crippen LogP) is 1.74. The lowest BCUT2D eigenvalue weighted by molar-refractivity contribution is -0.134. The van der Waals surface area contributed by atoms with Gasteiger partial charge in [-0.3, -0.25) is 4.79 Å². The number of carboxylic acid groups (broad SMARTS) is 1. The highest BCUT2D eigenvalue weighted by atomic mass is 16.4. The van der Waals surface area contributed by atoms with Crippen LogP contribution in [0.2, 0.25) is 0 Å². The first-order chi connectivity index (χ1) is 8.85. The minimum absolute atomic E-state index is 0.191. The van der Waals surface area contributed by atoms with Crippen molar-refractivity contribution in [2.75, 3.05) is 0 Å². The van der Waals surface area contributed by atoms with Crippen molar-refractivity contribution in [2.45, 2.75) is 20.8 Å². The number of carboxylic acids is 1. The first-order valence-corrected chi connectivity index (χ1v) is 5.59. The van der Waals surface area contributed by atoms with Gasteiger partial charge in [0, 0.05) is 6.92 Å². The van der Waals surface area contributed by atoms with Crippen LogP contribution in [0.1, 0.15) is 29.2 Å². The van der Waals surface area contributed by atoms with Gasteiger partial charge in [0.1, 0.15) is 5.70 Å². The van der Waals surface area contributed by atoms with Crippen molar-refractivity contribution < 1.29 is 14.7 Å². The zero-order valence-electron chi connectivity index (χ0n) is 10.9. The van der Waals surface area contributed by atoms with Gasteiger partial charge in [-0.05, 0) is 48.7 Å². The average molecular weight is 258 g/mol. The number of carbonyl (C=O) groups is 2. The molecule has 0 aliphatic carbocycles. The van der Waals surface area contributed by atoms with Crippen LogP contribution in [0.15, 0.2) is 17.8 Å². The standard InChI is InChI=1S/C14H14N2O3/c1-8-4-11(7-15)5-9(2)12(8)6-13(14(18)19)16-10(3)17/h4-6H,1-3H3,(H,16,17)(H,18,19). The third kappa shape index (κ3) is 3.68. The highest BCUT2D eigenvalue weighted by Crippen LogP contribution is 2.19. The zero-order chi connectivity index (χ0) is 14.6. The number of rotatable bonds is 3. The second-order valence-corrected chi connectivity index (χ2v) is 4.18. The van der Waals surface area contributed by atoms with E-state index in [9.17, 15) is 9.59 Å². The molecule has 0 unspecified atom stereocenters. The summed E-state index contributed by atoms with van der Waals surface area (Å²) < 4.78 is 0. The summed E-state index contributed by atoms with van der Waals surface area (Å²) in [5.41, 5.74) is 2.57. The molecule has 19 heavy (non-hydrogen) atoms. The van der Waals surface area contributed by atoms with E-state index >= 15 is 0 Å². The Morgan fingerprint density at radius 1 is 1.32 bits per heavy atom. The van der Waals surface area contributed by atoms with Crippen molar-refractivity contribution in [1.29, 1.82) is 5.26 Å². The normalized spacial score (nSPS) is 10.7. The molecule has 1 rings (SSSR count). The number of hydrogen-bond donors (Lipinski definition) is 2. The van der Waals surface area contributed by atoms with Gasteiger partial charge in [0.2, 0.25) is 5.91 Å². The lowest BCUT2D eigenvalue weighted by Crippen LogP contribution is -2.24. The number of nitrogens with zero attached hydrogens (tertiary/aromatic N) is 1. The maximum absolute atomic E-state index is 11.0. The molecule has 0 atom stereocenters. The monoisotopic (exact) mass is 258 g/mol. The molecule has 0 spiro atoms. The lowest BCUT2D eigenvalue weighted by atomic mass is 9.99. The first kappa shape index (κ1) is 14.5. The molecule has 98 valence electrons. The topological polar surface area (TPSA) is 90.2 Å². The van der Waals surface area contributed by atoms with Crippen molar-refractivity contribution in [3.05, 3.63) is 40.1 Å². The fourth-order valence-corrected chi connectivity index (χ4v) is 1.75. The van der Waals surface area contributed by atoms with Crippen molar-refractivity contribution in [1.82, 2.24) is 5.32 Å². The van der Waals surface area contributed by atoms with E-state index in [-0.39, 0.29) is 5.70 Å². The summed E-state index contributed by atoms with van der Waals surface area (Å²) in [5.74, 6) is -1.66. The van der Waals surface area contributed by atoms with Crippen LogP contribution in [-0.4, -0.2) is 17.0 Å². The summed E-state index contributed by atoms with van der Waals surface area (Å²) in [5, 5.41) is 20.1. The largest absolute Gasteiger partial charge is 0.477 e. The minimum Gasteiger partial charge on any atom is -0.477 e.